The van der Waals surface area contributed by atoms with Crippen LogP contribution in [0.5, 0.6) is 5.75 Å². The minimum absolute atomic E-state index is 0.0251. The van der Waals surface area contributed by atoms with Crippen molar-refractivity contribution in [2.75, 3.05) is 0 Å². The molecular weight excluding hydrogens is 405 g/mol. The van der Waals surface area contributed by atoms with Crippen LogP contribution in [0.2, 0.25) is 0 Å². The molecule has 0 heterocycles. The second-order valence-corrected chi connectivity index (χ2v) is 7.83. The molecule has 150 valence electrons. The number of rotatable bonds is 5. The van der Waals surface area contributed by atoms with E-state index in [9.17, 15) is 26.4 Å². The topological polar surface area (TPSA) is 60.4 Å². The summed E-state index contributed by atoms with van der Waals surface area (Å²) in [6.45, 7) is 1.83. The second-order valence-electron chi connectivity index (χ2n) is 6.28. The maximum Gasteiger partial charge on any atom is 0.454 e. The highest BCUT2D eigenvalue weighted by atomic mass is 32.2. The summed E-state index contributed by atoms with van der Waals surface area (Å²) in [5.74, 6) is -1.81. The lowest BCUT2D eigenvalue weighted by molar-refractivity contribution is -0.0885. The Hall–Kier alpha value is -3.13. The predicted octanol–water partition coefficient (Wildman–Crippen LogP) is 5.17. The van der Waals surface area contributed by atoms with E-state index in [1.165, 1.54) is 36.4 Å². The van der Waals surface area contributed by atoms with Crippen LogP contribution in [0.15, 0.2) is 77.7 Å². The summed E-state index contributed by atoms with van der Waals surface area (Å²) >= 11 is 0. The van der Waals surface area contributed by atoms with Gasteiger partial charge in [0.15, 0.2) is 0 Å². The van der Waals surface area contributed by atoms with Crippen molar-refractivity contribution in [3.63, 3.8) is 0 Å². The Kier molecular flexibility index (Phi) is 5.48. The molecule has 0 bridgehead atoms. The third-order valence-electron chi connectivity index (χ3n) is 4.11. The zero-order valence-corrected chi connectivity index (χ0v) is 15.9. The van der Waals surface area contributed by atoms with Gasteiger partial charge in [-0.2, -0.15) is 21.6 Å². The van der Waals surface area contributed by atoms with E-state index in [1.807, 2.05) is 6.92 Å². The van der Waals surface area contributed by atoms with Crippen molar-refractivity contribution in [1.29, 1.82) is 0 Å². The van der Waals surface area contributed by atoms with Crippen LogP contribution in [0.4, 0.5) is 13.2 Å². The van der Waals surface area contributed by atoms with Gasteiger partial charge in [0.25, 0.3) is 5.78 Å². The predicted molar refractivity (Wildman–Crippen MR) is 101 cm³/mol. The Balaban J connectivity index is 1.76. The number of alkyl halides is 3. The van der Waals surface area contributed by atoms with Gasteiger partial charge in [-0.1, -0.05) is 54.1 Å². The molecule has 3 rings (SSSR count). The van der Waals surface area contributed by atoms with E-state index in [4.69, 9.17) is 4.18 Å². The number of aryl methyl sites for hydroxylation is 1. The van der Waals surface area contributed by atoms with Crippen molar-refractivity contribution in [3.8, 4) is 16.9 Å². The van der Waals surface area contributed by atoms with E-state index in [1.54, 1.807) is 24.3 Å². The Labute approximate surface area is 165 Å². The van der Waals surface area contributed by atoms with E-state index >= 15 is 0 Å². The number of carbonyl (C=O) groups is 1. The lowest BCUT2D eigenvalue weighted by Crippen LogP contribution is -2.22. The summed E-state index contributed by atoms with van der Waals surface area (Å²) in [5, 5.41) is 0. The maximum atomic E-state index is 12.5. The van der Waals surface area contributed by atoms with E-state index in [-0.39, 0.29) is 10.6 Å². The summed E-state index contributed by atoms with van der Waals surface area (Å²) < 4.78 is 67.1. The highest BCUT2D eigenvalue weighted by Gasteiger charge is 2.39. The molecule has 0 atom stereocenters. The number of halogens is 3. The van der Waals surface area contributed by atoms with Gasteiger partial charge in [0.2, 0.25) is 0 Å². The molecule has 0 saturated heterocycles. The Morgan fingerprint density at radius 1 is 0.793 bits per heavy atom. The normalized spacial score (nSPS) is 11.9. The summed E-state index contributed by atoms with van der Waals surface area (Å²) in [5.41, 5.74) is 1.65. The molecule has 0 aromatic heterocycles. The quantitative estimate of drug-likeness (QED) is 0.422. The maximum absolute atomic E-state index is 12.5. The molecule has 0 unspecified atom stereocenters. The molecule has 0 radical (unpaired) electrons. The molecule has 0 saturated carbocycles. The van der Waals surface area contributed by atoms with Crippen LogP contribution in [-0.4, -0.2) is 20.4 Å². The van der Waals surface area contributed by atoms with Crippen molar-refractivity contribution in [3.05, 3.63) is 83.9 Å². The van der Waals surface area contributed by atoms with Crippen molar-refractivity contribution in [2.45, 2.75) is 18.0 Å². The number of ketones is 1. The van der Waals surface area contributed by atoms with Crippen LogP contribution in [0.1, 0.15) is 15.9 Å². The lowest BCUT2D eigenvalue weighted by atomic mass is 10.0. The van der Waals surface area contributed by atoms with Crippen LogP contribution in [-0.2, 0) is 10.1 Å². The molecule has 0 aliphatic carbocycles. The monoisotopic (exact) mass is 420 g/mol. The SMILES string of the molecule is Cc1ccc(S(=O)(=O)Oc2ccc(-c3ccc(C(=O)C(F)(F)F)cc3)cc2)cc1. The minimum atomic E-state index is -4.93. The average molecular weight is 420 g/mol. The van der Waals surface area contributed by atoms with Crippen molar-refractivity contribution >= 4 is 15.9 Å². The first kappa shape index (κ1) is 20.6. The highest BCUT2D eigenvalue weighted by molar-refractivity contribution is 7.87. The van der Waals surface area contributed by atoms with E-state index in [0.717, 1.165) is 17.7 Å². The smallest absolute Gasteiger partial charge is 0.379 e. The van der Waals surface area contributed by atoms with Crippen LogP contribution >= 0.6 is 0 Å². The number of carbonyl (C=O) groups excluding carboxylic acids is 1. The minimum Gasteiger partial charge on any atom is -0.379 e. The summed E-state index contributed by atoms with van der Waals surface area (Å²) in [4.78, 5) is 11.3. The largest absolute Gasteiger partial charge is 0.454 e. The number of hydrogen-bond donors (Lipinski definition) is 0. The fourth-order valence-electron chi connectivity index (χ4n) is 2.56. The van der Waals surface area contributed by atoms with Crippen LogP contribution in [0.3, 0.4) is 0 Å². The molecule has 8 heteroatoms. The number of benzene rings is 3. The first-order valence-electron chi connectivity index (χ1n) is 8.39. The van der Waals surface area contributed by atoms with Gasteiger partial charge in [-0.3, -0.25) is 4.79 Å². The third kappa shape index (κ3) is 4.83. The molecule has 0 spiro atoms. The van der Waals surface area contributed by atoms with Gasteiger partial charge in [0, 0.05) is 5.56 Å². The number of hydrogen-bond acceptors (Lipinski definition) is 4. The summed E-state index contributed by atoms with van der Waals surface area (Å²) in [7, 11) is -3.98. The molecule has 29 heavy (non-hydrogen) atoms. The van der Waals surface area contributed by atoms with Gasteiger partial charge in [0.1, 0.15) is 10.6 Å². The fraction of sp³-hybridized carbons (Fsp3) is 0.0952. The summed E-state index contributed by atoms with van der Waals surface area (Å²) in [6, 6.07) is 17.2. The lowest BCUT2D eigenvalue weighted by Gasteiger charge is -2.09. The summed E-state index contributed by atoms with van der Waals surface area (Å²) in [6.07, 6.45) is -4.93. The van der Waals surface area contributed by atoms with Gasteiger partial charge in [-0.25, -0.2) is 0 Å². The van der Waals surface area contributed by atoms with E-state index in [2.05, 4.69) is 0 Å². The molecule has 0 fully saturated rings. The second kappa shape index (κ2) is 7.71. The third-order valence-corrected chi connectivity index (χ3v) is 5.37. The Morgan fingerprint density at radius 2 is 1.28 bits per heavy atom. The molecule has 3 aromatic carbocycles. The molecule has 4 nitrogen and oxygen atoms in total. The van der Waals surface area contributed by atoms with Gasteiger partial charge < -0.3 is 4.18 Å². The first-order valence-corrected chi connectivity index (χ1v) is 9.80. The van der Waals surface area contributed by atoms with Crippen molar-refractivity contribution < 1.29 is 30.6 Å². The van der Waals surface area contributed by atoms with Crippen molar-refractivity contribution in [1.82, 2.24) is 0 Å². The Bertz CT molecular complexity index is 1120. The standard InChI is InChI=1S/C21H15F3O4S/c1-14-2-12-19(13-3-14)29(26,27)28-18-10-8-16(9-11-18)15-4-6-17(7-5-15)20(25)21(22,23)24/h2-13H,1H3. The zero-order valence-electron chi connectivity index (χ0n) is 15.1. The van der Waals surface area contributed by atoms with Crippen molar-refractivity contribution in [2.24, 2.45) is 0 Å². The van der Waals surface area contributed by atoms with E-state index in [0.29, 0.717) is 11.1 Å². The zero-order chi connectivity index (χ0) is 21.2. The average Bonchev–Trinajstić information content (AvgIpc) is 2.67. The molecule has 0 N–H and O–H groups in total. The first-order chi connectivity index (χ1) is 13.6. The van der Waals surface area contributed by atoms with Gasteiger partial charge in [-0.05, 0) is 42.3 Å². The van der Waals surface area contributed by atoms with Crippen LogP contribution in [0.25, 0.3) is 11.1 Å². The van der Waals surface area contributed by atoms with Crippen LogP contribution < -0.4 is 4.18 Å². The molecular formula is C21H15F3O4S. The molecule has 0 aliphatic heterocycles. The Morgan fingerprint density at radius 3 is 1.76 bits per heavy atom. The van der Waals surface area contributed by atoms with Gasteiger partial charge in [0.05, 0.1) is 0 Å². The fourth-order valence-corrected chi connectivity index (χ4v) is 3.49. The van der Waals surface area contributed by atoms with Gasteiger partial charge in [-0.15, -0.1) is 0 Å². The van der Waals surface area contributed by atoms with Crippen LogP contribution in [0, 0.1) is 6.92 Å². The highest BCUT2D eigenvalue weighted by Crippen LogP contribution is 2.27. The van der Waals surface area contributed by atoms with E-state index < -0.39 is 27.6 Å². The molecule has 0 aliphatic rings. The molecule has 0 amide bonds. The molecule has 3 aromatic rings. The van der Waals surface area contributed by atoms with Gasteiger partial charge >= 0.3 is 16.3 Å². The number of Topliss-reactive ketones (excluding diaryl/α,β-unsaturated/α-hetero) is 1.